The number of carbonyl (C=O) groups excluding carboxylic acids is 1. The Morgan fingerprint density at radius 3 is 2.94 bits per heavy atom. The van der Waals surface area contributed by atoms with Crippen molar-refractivity contribution >= 4 is 29.1 Å². The zero-order chi connectivity index (χ0) is 13.0. The monoisotopic (exact) mass is 286 g/mol. The molecule has 1 amide bonds. The lowest BCUT2D eigenvalue weighted by atomic mass is 10.1. The predicted octanol–water partition coefficient (Wildman–Crippen LogP) is 2.72. The van der Waals surface area contributed by atoms with Crippen LogP contribution in [-0.4, -0.2) is 25.5 Å². The fourth-order valence-corrected chi connectivity index (χ4v) is 2.61. The van der Waals surface area contributed by atoms with Crippen molar-refractivity contribution in [2.45, 2.75) is 12.8 Å². The summed E-state index contributed by atoms with van der Waals surface area (Å²) in [6, 6.07) is 4.90. The normalized spacial score (nSPS) is 18.9. The van der Waals surface area contributed by atoms with Crippen LogP contribution >= 0.6 is 23.2 Å². The highest BCUT2D eigenvalue weighted by Crippen LogP contribution is 2.20. The number of rotatable bonds is 4. The van der Waals surface area contributed by atoms with Crippen molar-refractivity contribution in [3.8, 4) is 0 Å². The van der Waals surface area contributed by atoms with Crippen LogP contribution in [0.25, 0.3) is 0 Å². The summed E-state index contributed by atoms with van der Waals surface area (Å²) in [6.07, 6.45) is 2.20. The minimum atomic E-state index is -0.136. The minimum Gasteiger partial charge on any atom is -0.352 e. The number of halogens is 2. The summed E-state index contributed by atoms with van der Waals surface area (Å²) in [5.74, 6) is 0.536. The van der Waals surface area contributed by atoms with Gasteiger partial charge in [-0.25, -0.2) is 0 Å². The highest BCUT2D eigenvalue weighted by molar-refractivity contribution is 6.36. The Labute approximate surface area is 117 Å². The van der Waals surface area contributed by atoms with E-state index in [9.17, 15) is 4.79 Å². The smallest absolute Gasteiger partial charge is 0.252 e. The van der Waals surface area contributed by atoms with Crippen LogP contribution < -0.4 is 10.6 Å². The molecule has 1 heterocycles. The first-order valence-corrected chi connectivity index (χ1v) is 6.86. The van der Waals surface area contributed by atoms with Gasteiger partial charge in [-0.2, -0.15) is 0 Å². The van der Waals surface area contributed by atoms with Gasteiger partial charge in [-0.1, -0.05) is 23.2 Å². The van der Waals surface area contributed by atoms with Crippen LogP contribution in [0.15, 0.2) is 18.2 Å². The summed E-state index contributed by atoms with van der Waals surface area (Å²) in [5, 5.41) is 7.13. The molecular weight excluding hydrogens is 271 g/mol. The third-order valence-corrected chi connectivity index (χ3v) is 3.72. The number of hydrogen-bond donors (Lipinski definition) is 2. The summed E-state index contributed by atoms with van der Waals surface area (Å²) in [7, 11) is 0. The lowest BCUT2D eigenvalue weighted by molar-refractivity contribution is 0.0952. The topological polar surface area (TPSA) is 41.1 Å². The van der Waals surface area contributed by atoms with Crippen molar-refractivity contribution in [2.75, 3.05) is 19.6 Å². The largest absolute Gasteiger partial charge is 0.352 e. The Kier molecular flexibility index (Phi) is 4.87. The second kappa shape index (κ2) is 6.41. The Balaban J connectivity index is 1.83. The standard InChI is InChI=1S/C13H16Cl2N2O/c14-10-1-2-11(12(15)7-10)13(18)17-6-4-9-3-5-16-8-9/h1-2,7,9,16H,3-6,8H2,(H,17,18). The maximum atomic E-state index is 11.9. The summed E-state index contributed by atoms with van der Waals surface area (Å²) in [4.78, 5) is 11.9. The Morgan fingerprint density at radius 2 is 2.28 bits per heavy atom. The van der Waals surface area contributed by atoms with Crippen LogP contribution in [0.1, 0.15) is 23.2 Å². The highest BCUT2D eigenvalue weighted by atomic mass is 35.5. The molecule has 1 unspecified atom stereocenters. The number of carbonyl (C=O) groups is 1. The van der Waals surface area contributed by atoms with Crippen LogP contribution in [0.2, 0.25) is 10.0 Å². The van der Waals surface area contributed by atoms with Gasteiger partial charge in [0.2, 0.25) is 0 Å². The first-order chi connectivity index (χ1) is 8.66. The molecule has 18 heavy (non-hydrogen) atoms. The van der Waals surface area contributed by atoms with Crippen LogP contribution in [0, 0.1) is 5.92 Å². The van der Waals surface area contributed by atoms with Crippen molar-refractivity contribution in [2.24, 2.45) is 5.92 Å². The second-order valence-electron chi connectivity index (χ2n) is 4.53. The number of amides is 1. The molecule has 1 aliphatic heterocycles. The number of nitrogens with one attached hydrogen (secondary N) is 2. The molecule has 1 aromatic carbocycles. The fraction of sp³-hybridized carbons (Fsp3) is 0.462. The van der Waals surface area contributed by atoms with Gasteiger partial charge in [0.05, 0.1) is 10.6 Å². The van der Waals surface area contributed by atoms with E-state index in [1.54, 1.807) is 18.2 Å². The van der Waals surface area contributed by atoms with E-state index in [0.717, 1.165) is 19.5 Å². The maximum Gasteiger partial charge on any atom is 0.252 e. The van der Waals surface area contributed by atoms with Gasteiger partial charge in [-0.05, 0) is 50.0 Å². The van der Waals surface area contributed by atoms with Crippen molar-refractivity contribution in [1.29, 1.82) is 0 Å². The summed E-state index contributed by atoms with van der Waals surface area (Å²) < 4.78 is 0. The molecule has 1 saturated heterocycles. The molecule has 1 fully saturated rings. The van der Waals surface area contributed by atoms with E-state index in [1.807, 2.05) is 0 Å². The third kappa shape index (κ3) is 3.61. The predicted molar refractivity (Wildman–Crippen MR) is 74.4 cm³/mol. The van der Waals surface area contributed by atoms with Gasteiger partial charge < -0.3 is 10.6 Å². The molecule has 3 nitrogen and oxygen atoms in total. The van der Waals surface area contributed by atoms with Gasteiger partial charge >= 0.3 is 0 Å². The van der Waals surface area contributed by atoms with Gasteiger partial charge in [0.1, 0.15) is 0 Å². The third-order valence-electron chi connectivity index (χ3n) is 3.18. The molecule has 1 atom stereocenters. The average Bonchev–Trinajstić information content (AvgIpc) is 2.81. The Morgan fingerprint density at radius 1 is 1.44 bits per heavy atom. The van der Waals surface area contributed by atoms with Gasteiger partial charge in [0, 0.05) is 11.6 Å². The van der Waals surface area contributed by atoms with Crippen molar-refractivity contribution < 1.29 is 4.79 Å². The van der Waals surface area contributed by atoms with E-state index < -0.39 is 0 Å². The summed E-state index contributed by atoms with van der Waals surface area (Å²) in [6.45, 7) is 2.82. The minimum absolute atomic E-state index is 0.136. The van der Waals surface area contributed by atoms with E-state index in [1.165, 1.54) is 6.42 Å². The van der Waals surface area contributed by atoms with Crippen molar-refractivity contribution in [3.05, 3.63) is 33.8 Å². The number of benzene rings is 1. The lowest BCUT2D eigenvalue weighted by Crippen LogP contribution is -2.26. The summed E-state index contributed by atoms with van der Waals surface area (Å²) >= 11 is 11.8. The highest BCUT2D eigenvalue weighted by Gasteiger charge is 2.15. The fourth-order valence-electron chi connectivity index (χ4n) is 2.12. The van der Waals surface area contributed by atoms with E-state index in [0.29, 0.717) is 28.1 Å². The van der Waals surface area contributed by atoms with Crippen LogP contribution in [-0.2, 0) is 0 Å². The molecule has 0 radical (unpaired) electrons. The molecule has 1 aromatic rings. The number of hydrogen-bond acceptors (Lipinski definition) is 2. The second-order valence-corrected chi connectivity index (χ2v) is 5.37. The molecule has 2 N–H and O–H groups in total. The maximum absolute atomic E-state index is 11.9. The molecule has 98 valence electrons. The van der Waals surface area contributed by atoms with Gasteiger partial charge in [0.15, 0.2) is 0 Å². The summed E-state index contributed by atoms with van der Waals surface area (Å²) in [5.41, 5.74) is 0.477. The zero-order valence-electron chi connectivity index (χ0n) is 10.0. The first-order valence-electron chi connectivity index (χ1n) is 6.11. The molecule has 0 spiro atoms. The molecule has 5 heteroatoms. The Hall–Kier alpha value is -0.770. The van der Waals surface area contributed by atoms with E-state index >= 15 is 0 Å². The van der Waals surface area contributed by atoms with Crippen LogP contribution in [0.5, 0.6) is 0 Å². The average molecular weight is 287 g/mol. The van der Waals surface area contributed by atoms with Gasteiger partial charge in [0.25, 0.3) is 5.91 Å². The molecule has 0 saturated carbocycles. The molecular formula is C13H16Cl2N2O. The SMILES string of the molecule is O=C(NCCC1CCNC1)c1ccc(Cl)cc1Cl. The van der Waals surface area contributed by atoms with E-state index in [4.69, 9.17) is 23.2 Å². The quantitative estimate of drug-likeness (QED) is 0.894. The molecule has 0 aromatic heterocycles. The zero-order valence-corrected chi connectivity index (χ0v) is 11.5. The van der Waals surface area contributed by atoms with Crippen molar-refractivity contribution in [3.63, 3.8) is 0 Å². The van der Waals surface area contributed by atoms with Gasteiger partial charge in [-0.3, -0.25) is 4.79 Å². The molecule has 0 aliphatic carbocycles. The van der Waals surface area contributed by atoms with Gasteiger partial charge in [-0.15, -0.1) is 0 Å². The van der Waals surface area contributed by atoms with E-state index in [2.05, 4.69) is 10.6 Å². The molecule has 1 aliphatic rings. The molecule has 2 rings (SSSR count). The molecule has 0 bridgehead atoms. The Bertz CT molecular complexity index is 431. The van der Waals surface area contributed by atoms with E-state index in [-0.39, 0.29) is 5.91 Å². The van der Waals surface area contributed by atoms with Crippen molar-refractivity contribution in [1.82, 2.24) is 10.6 Å². The lowest BCUT2D eigenvalue weighted by Gasteiger charge is -2.10. The van der Waals surface area contributed by atoms with Crippen LogP contribution in [0.4, 0.5) is 0 Å². The van der Waals surface area contributed by atoms with Crippen LogP contribution in [0.3, 0.4) is 0 Å². The first kappa shape index (κ1) is 13.7.